The van der Waals surface area contributed by atoms with Gasteiger partial charge in [0, 0.05) is 23.0 Å². The van der Waals surface area contributed by atoms with Crippen LogP contribution in [0.5, 0.6) is 0 Å². The fraction of sp³-hybridized carbons (Fsp3) is 0.417. The van der Waals surface area contributed by atoms with Crippen LogP contribution in [0.2, 0.25) is 0 Å². The predicted octanol–water partition coefficient (Wildman–Crippen LogP) is 2.81. The second kappa shape index (κ2) is 5.75. The highest BCUT2D eigenvalue weighted by atomic mass is 79.9. The van der Waals surface area contributed by atoms with E-state index in [2.05, 4.69) is 26.6 Å². The van der Waals surface area contributed by atoms with E-state index in [0.29, 0.717) is 6.42 Å². The first-order chi connectivity index (χ1) is 8.56. The summed E-state index contributed by atoms with van der Waals surface area (Å²) in [7, 11) is 0. The molecule has 1 aromatic rings. The number of benzene rings is 1. The lowest BCUT2D eigenvalue weighted by Crippen LogP contribution is -2.27. The molecule has 1 atom stereocenters. The highest BCUT2D eigenvalue weighted by Crippen LogP contribution is 2.27. The van der Waals surface area contributed by atoms with Crippen molar-refractivity contribution in [2.75, 3.05) is 11.9 Å². The molecule has 2 N–H and O–H groups in total. The SMILES string of the molecule is O=C(CC1CCCN1)Nc1c(F)cc(F)cc1Br. The van der Waals surface area contributed by atoms with E-state index in [-0.39, 0.29) is 22.1 Å². The molecule has 2 rings (SSSR count). The summed E-state index contributed by atoms with van der Waals surface area (Å²) < 4.78 is 26.6. The fourth-order valence-electron chi connectivity index (χ4n) is 2.01. The molecule has 6 heteroatoms. The second-order valence-electron chi connectivity index (χ2n) is 4.29. The molecule has 1 fully saturated rings. The molecule has 1 amide bonds. The third-order valence-corrected chi connectivity index (χ3v) is 3.49. The van der Waals surface area contributed by atoms with E-state index in [1.807, 2.05) is 0 Å². The van der Waals surface area contributed by atoms with Crippen molar-refractivity contribution in [1.29, 1.82) is 0 Å². The van der Waals surface area contributed by atoms with Crippen molar-refractivity contribution in [3.63, 3.8) is 0 Å². The molecular formula is C12H13BrF2N2O. The Morgan fingerprint density at radius 2 is 2.28 bits per heavy atom. The van der Waals surface area contributed by atoms with Gasteiger partial charge in [-0.15, -0.1) is 0 Å². The summed E-state index contributed by atoms with van der Waals surface area (Å²) in [5, 5.41) is 5.65. The third-order valence-electron chi connectivity index (χ3n) is 2.87. The minimum atomic E-state index is -0.783. The van der Waals surface area contributed by atoms with Crippen molar-refractivity contribution in [1.82, 2.24) is 5.32 Å². The lowest BCUT2D eigenvalue weighted by molar-refractivity contribution is -0.116. The molecule has 3 nitrogen and oxygen atoms in total. The van der Waals surface area contributed by atoms with E-state index in [0.717, 1.165) is 31.5 Å². The molecule has 1 aromatic carbocycles. The van der Waals surface area contributed by atoms with E-state index >= 15 is 0 Å². The van der Waals surface area contributed by atoms with Gasteiger partial charge in [0.25, 0.3) is 0 Å². The van der Waals surface area contributed by atoms with Gasteiger partial charge in [-0.25, -0.2) is 8.78 Å². The van der Waals surface area contributed by atoms with Crippen LogP contribution in [-0.2, 0) is 4.79 Å². The van der Waals surface area contributed by atoms with Gasteiger partial charge in [0.05, 0.1) is 5.69 Å². The molecular weight excluding hydrogens is 306 g/mol. The number of hydrogen-bond acceptors (Lipinski definition) is 2. The Labute approximate surface area is 112 Å². The molecule has 0 bridgehead atoms. The predicted molar refractivity (Wildman–Crippen MR) is 68.3 cm³/mol. The quantitative estimate of drug-likeness (QED) is 0.899. The van der Waals surface area contributed by atoms with Gasteiger partial charge < -0.3 is 10.6 Å². The maximum atomic E-state index is 13.5. The summed E-state index contributed by atoms with van der Waals surface area (Å²) in [5.74, 6) is -1.75. The van der Waals surface area contributed by atoms with E-state index in [1.54, 1.807) is 0 Å². The Morgan fingerprint density at radius 3 is 2.89 bits per heavy atom. The van der Waals surface area contributed by atoms with Crippen LogP contribution in [0.1, 0.15) is 19.3 Å². The number of hydrogen-bond donors (Lipinski definition) is 2. The van der Waals surface area contributed by atoms with Crippen molar-refractivity contribution in [3.8, 4) is 0 Å². The van der Waals surface area contributed by atoms with E-state index < -0.39 is 11.6 Å². The van der Waals surface area contributed by atoms with Gasteiger partial charge >= 0.3 is 0 Å². The second-order valence-corrected chi connectivity index (χ2v) is 5.14. The Bertz CT molecular complexity index is 438. The summed E-state index contributed by atoms with van der Waals surface area (Å²) in [6.07, 6.45) is 2.29. The molecule has 1 saturated heterocycles. The first-order valence-corrected chi connectivity index (χ1v) is 6.53. The van der Waals surface area contributed by atoms with Crippen molar-refractivity contribution in [3.05, 3.63) is 28.2 Å². The van der Waals surface area contributed by atoms with Crippen LogP contribution in [0.25, 0.3) is 0 Å². The summed E-state index contributed by atoms with van der Waals surface area (Å²) in [5.41, 5.74) is -0.0144. The summed E-state index contributed by atoms with van der Waals surface area (Å²) in [6.45, 7) is 0.909. The third kappa shape index (κ3) is 3.26. The standard InChI is InChI=1S/C12H13BrF2N2O/c13-9-4-7(14)5-10(15)12(9)17-11(18)6-8-2-1-3-16-8/h4-5,8,16H,1-3,6H2,(H,17,18). The molecule has 0 saturated carbocycles. The number of carbonyl (C=O) groups is 1. The fourth-order valence-corrected chi connectivity index (χ4v) is 2.51. The van der Waals surface area contributed by atoms with Gasteiger partial charge in [0.15, 0.2) is 5.82 Å². The summed E-state index contributed by atoms with van der Waals surface area (Å²) >= 11 is 3.03. The molecule has 1 heterocycles. The van der Waals surface area contributed by atoms with Crippen molar-refractivity contribution in [2.24, 2.45) is 0 Å². The summed E-state index contributed by atoms with van der Waals surface area (Å²) in [4.78, 5) is 11.7. The van der Waals surface area contributed by atoms with Gasteiger partial charge in [0.2, 0.25) is 5.91 Å². The zero-order valence-electron chi connectivity index (χ0n) is 9.60. The largest absolute Gasteiger partial charge is 0.323 e. The van der Waals surface area contributed by atoms with Crippen LogP contribution in [0.15, 0.2) is 16.6 Å². The maximum absolute atomic E-state index is 13.5. The van der Waals surface area contributed by atoms with Gasteiger partial charge in [0.1, 0.15) is 5.82 Å². The zero-order chi connectivity index (χ0) is 13.1. The van der Waals surface area contributed by atoms with Crippen molar-refractivity contribution in [2.45, 2.75) is 25.3 Å². The zero-order valence-corrected chi connectivity index (χ0v) is 11.2. The smallest absolute Gasteiger partial charge is 0.226 e. The number of amides is 1. The van der Waals surface area contributed by atoms with Gasteiger partial charge in [-0.3, -0.25) is 4.79 Å². The minimum absolute atomic E-state index is 0.0144. The van der Waals surface area contributed by atoms with E-state index in [4.69, 9.17) is 0 Å². The first kappa shape index (κ1) is 13.4. The molecule has 0 aliphatic carbocycles. The Morgan fingerprint density at radius 1 is 1.50 bits per heavy atom. The molecule has 0 radical (unpaired) electrons. The number of halogens is 3. The van der Waals surface area contributed by atoms with Gasteiger partial charge in [-0.05, 0) is 41.4 Å². The highest BCUT2D eigenvalue weighted by Gasteiger charge is 2.19. The molecule has 1 unspecified atom stereocenters. The normalized spacial score (nSPS) is 18.9. The topological polar surface area (TPSA) is 41.1 Å². The van der Waals surface area contributed by atoms with Gasteiger partial charge in [-0.1, -0.05) is 0 Å². The average Bonchev–Trinajstić information content (AvgIpc) is 2.76. The lowest BCUT2D eigenvalue weighted by atomic mass is 10.1. The van der Waals surface area contributed by atoms with Crippen LogP contribution in [0.4, 0.5) is 14.5 Å². The number of nitrogens with one attached hydrogen (secondary N) is 2. The molecule has 1 aliphatic rings. The van der Waals surface area contributed by atoms with Crippen LogP contribution in [0.3, 0.4) is 0 Å². The Balaban J connectivity index is 2.02. The number of rotatable bonds is 3. The minimum Gasteiger partial charge on any atom is -0.323 e. The molecule has 18 heavy (non-hydrogen) atoms. The van der Waals surface area contributed by atoms with Crippen LogP contribution >= 0.6 is 15.9 Å². The molecule has 1 aliphatic heterocycles. The number of carbonyl (C=O) groups excluding carboxylic acids is 1. The highest BCUT2D eigenvalue weighted by molar-refractivity contribution is 9.10. The van der Waals surface area contributed by atoms with E-state index in [1.165, 1.54) is 0 Å². The van der Waals surface area contributed by atoms with Crippen LogP contribution < -0.4 is 10.6 Å². The lowest BCUT2D eigenvalue weighted by Gasteiger charge is -2.12. The first-order valence-electron chi connectivity index (χ1n) is 5.74. The summed E-state index contributed by atoms with van der Waals surface area (Å²) in [6, 6.07) is 2.01. The molecule has 0 aromatic heterocycles. The van der Waals surface area contributed by atoms with Crippen molar-refractivity contribution >= 4 is 27.5 Å². The molecule has 0 spiro atoms. The Hall–Kier alpha value is -1.01. The monoisotopic (exact) mass is 318 g/mol. The van der Waals surface area contributed by atoms with E-state index in [9.17, 15) is 13.6 Å². The number of anilines is 1. The molecule has 98 valence electrons. The van der Waals surface area contributed by atoms with Crippen LogP contribution in [0, 0.1) is 11.6 Å². The van der Waals surface area contributed by atoms with Crippen molar-refractivity contribution < 1.29 is 13.6 Å². The van der Waals surface area contributed by atoms with Gasteiger partial charge in [-0.2, -0.15) is 0 Å². The van der Waals surface area contributed by atoms with Crippen LogP contribution in [-0.4, -0.2) is 18.5 Å². The Kier molecular flexibility index (Phi) is 4.29. The average molecular weight is 319 g/mol. The maximum Gasteiger partial charge on any atom is 0.226 e.